The molecule has 1 saturated heterocycles. The average Bonchev–Trinajstić information content (AvgIpc) is 2.40. The molecule has 1 aromatic carbocycles. The summed E-state index contributed by atoms with van der Waals surface area (Å²) in [6.07, 6.45) is -0.110. The zero-order valence-electron chi connectivity index (χ0n) is 11.0. The highest BCUT2D eigenvalue weighted by Crippen LogP contribution is 2.14. The molecule has 0 saturated carbocycles. The third-order valence-electron chi connectivity index (χ3n) is 3.02. The molecule has 0 N–H and O–H groups in total. The first-order valence-corrected chi connectivity index (χ1v) is 7.50. The Morgan fingerprint density at radius 2 is 2.11 bits per heavy atom. The molecule has 104 valence electrons. The molecule has 19 heavy (non-hydrogen) atoms. The van der Waals surface area contributed by atoms with Crippen molar-refractivity contribution in [2.75, 3.05) is 32.8 Å². The SMILES string of the molecule is C[C@H](CN1CCOCC1)OC(=O)c1ccccc1I. The van der Waals surface area contributed by atoms with Gasteiger partial charge in [-0.3, -0.25) is 4.90 Å². The van der Waals surface area contributed by atoms with E-state index in [0.29, 0.717) is 5.56 Å². The number of benzene rings is 1. The smallest absolute Gasteiger partial charge is 0.339 e. The van der Waals surface area contributed by atoms with Gasteiger partial charge >= 0.3 is 5.97 Å². The normalized spacial score (nSPS) is 18.0. The maximum Gasteiger partial charge on any atom is 0.339 e. The van der Waals surface area contributed by atoms with E-state index in [-0.39, 0.29) is 12.1 Å². The third kappa shape index (κ3) is 4.43. The van der Waals surface area contributed by atoms with Crippen LogP contribution in [0.25, 0.3) is 0 Å². The van der Waals surface area contributed by atoms with Crippen molar-refractivity contribution in [3.63, 3.8) is 0 Å². The fraction of sp³-hybridized carbons (Fsp3) is 0.500. The molecule has 0 unspecified atom stereocenters. The summed E-state index contributed by atoms with van der Waals surface area (Å²) < 4.78 is 11.7. The molecular weight excluding hydrogens is 357 g/mol. The molecular formula is C14H18INO3. The van der Waals surface area contributed by atoms with Gasteiger partial charge in [-0.15, -0.1) is 0 Å². The zero-order valence-corrected chi connectivity index (χ0v) is 13.1. The van der Waals surface area contributed by atoms with Crippen LogP contribution in [0.3, 0.4) is 0 Å². The van der Waals surface area contributed by atoms with Crippen molar-refractivity contribution < 1.29 is 14.3 Å². The number of nitrogens with zero attached hydrogens (tertiary/aromatic N) is 1. The number of hydrogen-bond donors (Lipinski definition) is 0. The molecule has 0 radical (unpaired) electrons. The summed E-state index contributed by atoms with van der Waals surface area (Å²) in [4.78, 5) is 14.3. The molecule has 0 aliphatic carbocycles. The Morgan fingerprint density at radius 3 is 2.79 bits per heavy atom. The van der Waals surface area contributed by atoms with Crippen LogP contribution < -0.4 is 0 Å². The highest BCUT2D eigenvalue weighted by atomic mass is 127. The maximum atomic E-state index is 12.0. The Hall–Kier alpha value is -0.660. The van der Waals surface area contributed by atoms with E-state index in [1.54, 1.807) is 6.07 Å². The first-order valence-electron chi connectivity index (χ1n) is 6.42. The lowest BCUT2D eigenvalue weighted by molar-refractivity contribution is 0.000388. The topological polar surface area (TPSA) is 38.8 Å². The third-order valence-corrected chi connectivity index (χ3v) is 3.96. The van der Waals surface area contributed by atoms with E-state index >= 15 is 0 Å². The predicted molar refractivity (Wildman–Crippen MR) is 81.3 cm³/mol. The molecule has 1 fully saturated rings. The van der Waals surface area contributed by atoms with Crippen molar-refractivity contribution in [3.8, 4) is 0 Å². The lowest BCUT2D eigenvalue weighted by Gasteiger charge is -2.28. The van der Waals surface area contributed by atoms with Crippen LogP contribution >= 0.6 is 22.6 Å². The van der Waals surface area contributed by atoms with Crippen LogP contribution in [0.5, 0.6) is 0 Å². The van der Waals surface area contributed by atoms with E-state index in [2.05, 4.69) is 27.5 Å². The standard InChI is InChI=1S/C14H18INO3/c1-11(10-16-6-8-18-9-7-16)19-14(17)12-4-2-3-5-13(12)15/h2-5,11H,6-10H2,1H3/t11-/m1/s1. The number of hydrogen-bond acceptors (Lipinski definition) is 4. The summed E-state index contributed by atoms with van der Waals surface area (Å²) in [5.74, 6) is -0.245. The number of halogens is 1. The van der Waals surface area contributed by atoms with Gasteiger partial charge in [0.05, 0.1) is 18.8 Å². The largest absolute Gasteiger partial charge is 0.458 e. The van der Waals surface area contributed by atoms with Crippen LogP contribution in [-0.4, -0.2) is 49.8 Å². The molecule has 0 spiro atoms. The van der Waals surface area contributed by atoms with E-state index in [9.17, 15) is 4.79 Å². The second kappa shape index (κ2) is 7.21. The number of carbonyl (C=O) groups excluding carboxylic acids is 1. The van der Waals surface area contributed by atoms with Crippen molar-refractivity contribution in [3.05, 3.63) is 33.4 Å². The summed E-state index contributed by atoms with van der Waals surface area (Å²) in [6.45, 7) is 6.03. The van der Waals surface area contributed by atoms with Gasteiger partial charge in [-0.05, 0) is 41.6 Å². The summed E-state index contributed by atoms with van der Waals surface area (Å²) in [5.41, 5.74) is 0.636. The van der Waals surface area contributed by atoms with Gasteiger partial charge in [0.15, 0.2) is 0 Å². The van der Waals surface area contributed by atoms with Gasteiger partial charge in [0.25, 0.3) is 0 Å². The Balaban J connectivity index is 1.86. The fourth-order valence-corrected chi connectivity index (χ4v) is 2.67. The minimum Gasteiger partial charge on any atom is -0.458 e. The van der Waals surface area contributed by atoms with E-state index in [0.717, 1.165) is 36.4 Å². The van der Waals surface area contributed by atoms with Crippen LogP contribution in [0.2, 0.25) is 0 Å². The van der Waals surface area contributed by atoms with Crippen LogP contribution in [0.15, 0.2) is 24.3 Å². The molecule has 5 heteroatoms. The number of morpholine rings is 1. The van der Waals surface area contributed by atoms with E-state index in [4.69, 9.17) is 9.47 Å². The maximum absolute atomic E-state index is 12.0. The molecule has 1 heterocycles. The van der Waals surface area contributed by atoms with Crippen LogP contribution in [0, 0.1) is 3.57 Å². The van der Waals surface area contributed by atoms with Gasteiger partial charge < -0.3 is 9.47 Å². The minimum atomic E-state index is -0.245. The van der Waals surface area contributed by atoms with E-state index in [1.807, 2.05) is 25.1 Å². The molecule has 4 nitrogen and oxygen atoms in total. The summed E-state index contributed by atoms with van der Waals surface area (Å²) >= 11 is 2.15. The van der Waals surface area contributed by atoms with Crippen LogP contribution in [0.4, 0.5) is 0 Å². The summed E-state index contributed by atoms with van der Waals surface area (Å²) in [5, 5.41) is 0. The second-order valence-electron chi connectivity index (χ2n) is 4.61. The zero-order chi connectivity index (χ0) is 13.7. The van der Waals surface area contributed by atoms with Crippen molar-refractivity contribution in [2.45, 2.75) is 13.0 Å². The fourth-order valence-electron chi connectivity index (χ4n) is 2.06. The quantitative estimate of drug-likeness (QED) is 0.598. The van der Waals surface area contributed by atoms with E-state index in [1.165, 1.54) is 0 Å². The molecule has 2 rings (SSSR count). The predicted octanol–water partition coefficient (Wildman–Crippen LogP) is 2.17. The Morgan fingerprint density at radius 1 is 1.42 bits per heavy atom. The Kier molecular flexibility index (Phi) is 5.59. The summed E-state index contributed by atoms with van der Waals surface area (Å²) in [7, 11) is 0. The van der Waals surface area contributed by atoms with Crippen molar-refractivity contribution >= 4 is 28.6 Å². The molecule has 1 aromatic rings. The molecule has 0 amide bonds. The van der Waals surface area contributed by atoms with Crippen molar-refractivity contribution in [1.82, 2.24) is 4.90 Å². The van der Waals surface area contributed by atoms with Gasteiger partial charge in [-0.1, -0.05) is 12.1 Å². The number of ether oxygens (including phenoxy) is 2. The minimum absolute atomic E-state index is 0.110. The lowest BCUT2D eigenvalue weighted by Crippen LogP contribution is -2.41. The lowest BCUT2D eigenvalue weighted by atomic mass is 10.2. The van der Waals surface area contributed by atoms with Gasteiger partial charge in [0.1, 0.15) is 6.10 Å². The van der Waals surface area contributed by atoms with E-state index < -0.39 is 0 Å². The second-order valence-corrected chi connectivity index (χ2v) is 5.77. The number of esters is 1. The van der Waals surface area contributed by atoms with Gasteiger partial charge in [0, 0.05) is 23.2 Å². The number of rotatable bonds is 4. The highest BCUT2D eigenvalue weighted by molar-refractivity contribution is 14.1. The van der Waals surface area contributed by atoms with Gasteiger partial charge in [-0.2, -0.15) is 0 Å². The van der Waals surface area contributed by atoms with Gasteiger partial charge in [-0.25, -0.2) is 4.79 Å². The Bertz CT molecular complexity index is 432. The first kappa shape index (κ1) is 14.7. The average molecular weight is 375 g/mol. The molecule has 1 atom stereocenters. The summed E-state index contributed by atoms with van der Waals surface area (Å²) in [6, 6.07) is 7.47. The van der Waals surface area contributed by atoms with Crippen molar-refractivity contribution in [2.24, 2.45) is 0 Å². The van der Waals surface area contributed by atoms with Crippen LogP contribution in [-0.2, 0) is 9.47 Å². The first-order chi connectivity index (χ1) is 9.16. The van der Waals surface area contributed by atoms with Crippen LogP contribution in [0.1, 0.15) is 17.3 Å². The molecule has 0 bridgehead atoms. The van der Waals surface area contributed by atoms with Crippen molar-refractivity contribution in [1.29, 1.82) is 0 Å². The molecule has 1 aliphatic heterocycles. The Labute approximate surface area is 127 Å². The van der Waals surface area contributed by atoms with Gasteiger partial charge in [0.2, 0.25) is 0 Å². The monoisotopic (exact) mass is 375 g/mol. The highest BCUT2D eigenvalue weighted by Gasteiger charge is 2.18. The molecule has 0 aromatic heterocycles. The molecule has 1 aliphatic rings. The number of carbonyl (C=O) groups is 1.